The molecule has 148 valence electrons. The molecule has 0 unspecified atom stereocenters. The molecule has 7 nitrogen and oxygen atoms in total. The van der Waals surface area contributed by atoms with Gasteiger partial charge in [0.1, 0.15) is 5.69 Å². The zero-order valence-corrected chi connectivity index (χ0v) is 16.5. The number of amides is 2. The maximum absolute atomic E-state index is 13.0. The highest BCUT2D eigenvalue weighted by Crippen LogP contribution is 2.18. The van der Waals surface area contributed by atoms with E-state index in [0.717, 1.165) is 17.7 Å². The zero-order chi connectivity index (χ0) is 20.2. The molecule has 0 aliphatic carbocycles. The van der Waals surface area contributed by atoms with E-state index in [0.29, 0.717) is 36.9 Å². The van der Waals surface area contributed by atoms with Gasteiger partial charge in [0.15, 0.2) is 5.69 Å². The van der Waals surface area contributed by atoms with Gasteiger partial charge in [-0.15, -0.1) is 0 Å². The normalized spacial score (nSPS) is 13.7. The van der Waals surface area contributed by atoms with Crippen LogP contribution in [0.3, 0.4) is 0 Å². The fourth-order valence-electron chi connectivity index (χ4n) is 3.27. The average Bonchev–Trinajstić information content (AvgIpc) is 3.11. The molecule has 0 spiro atoms. The molecule has 0 radical (unpaired) electrons. The molecular weight excluding hydrogens is 390 g/mol. The fraction of sp³-hybridized carbons (Fsp3) is 0.238. The minimum absolute atomic E-state index is 0.131. The average molecular weight is 410 g/mol. The van der Waals surface area contributed by atoms with Crippen molar-refractivity contribution in [1.82, 2.24) is 25.0 Å². The molecule has 2 amide bonds. The molecule has 4 rings (SSSR count). The second-order valence-electron chi connectivity index (χ2n) is 6.85. The van der Waals surface area contributed by atoms with Crippen LogP contribution >= 0.6 is 11.6 Å². The summed E-state index contributed by atoms with van der Waals surface area (Å²) in [6, 6.07) is 14.5. The van der Waals surface area contributed by atoms with Gasteiger partial charge in [-0.2, -0.15) is 5.10 Å². The maximum Gasteiger partial charge on any atom is 0.272 e. The van der Waals surface area contributed by atoms with Crippen LogP contribution in [0.4, 0.5) is 0 Å². The third kappa shape index (κ3) is 4.46. The Kier molecular flexibility index (Phi) is 5.57. The number of rotatable bonds is 5. The molecule has 0 fully saturated rings. The molecule has 0 atom stereocenters. The van der Waals surface area contributed by atoms with Gasteiger partial charge in [0.25, 0.3) is 11.8 Å². The first kappa shape index (κ1) is 19.1. The van der Waals surface area contributed by atoms with Crippen molar-refractivity contribution in [2.45, 2.75) is 26.1 Å². The minimum Gasteiger partial charge on any atom is -0.345 e. The molecule has 8 heteroatoms. The molecule has 0 saturated carbocycles. The van der Waals surface area contributed by atoms with Gasteiger partial charge in [0.2, 0.25) is 0 Å². The van der Waals surface area contributed by atoms with Crippen molar-refractivity contribution in [2.24, 2.45) is 0 Å². The summed E-state index contributed by atoms with van der Waals surface area (Å²) in [6.07, 6.45) is 2.44. The van der Waals surface area contributed by atoms with Crippen LogP contribution in [-0.2, 0) is 19.6 Å². The van der Waals surface area contributed by atoms with E-state index in [1.54, 1.807) is 21.8 Å². The summed E-state index contributed by atoms with van der Waals surface area (Å²) in [5, 5.41) is 7.80. The smallest absolute Gasteiger partial charge is 0.272 e. The highest BCUT2D eigenvalue weighted by molar-refractivity contribution is 6.30. The van der Waals surface area contributed by atoms with E-state index in [4.69, 9.17) is 11.6 Å². The predicted molar refractivity (Wildman–Crippen MR) is 108 cm³/mol. The molecule has 1 aromatic carbocycles. The molecular formula is C21H20ClN5O2. The van der Waals surface area contributed by atoms with Crippen molar-refractivity contribution in [3.8, 4) is 0 Å². The first-order chi connectivity index (χ1) is 14.1. The van der Waals surface area contributed by atoms with Crippen molar-refractivity contribution in [2.75, 3.05) is 6.54 Å². The quantitative estimate of drug-likeness (QED) is 0.702. The van der Waals surface area contributed by atoms with E-state index in [2.05, 4.69) is 15.4 Å². The van der Waals surface area contributed by atoms with Gasteiger partial charge in [-0.25, -0.2) is 0 Å². The van der Waals surface area contributed by atoms with Crippen molar-refractivity contribution in [3.63, 3.8) is 0 Å². The summed E-state index contributed by atoms with van der Waals surface area (Å²) in [7, 11) is 0. The van der Waals surface area contributed by atoms with Crippen LogP contribution in [0.2, 0.25) is 5.02 Å². The van der Waals surface area contributed by atoms with Crippen molar-refractivity contribution < 1.29 is 9.59 Å². The first-order valence-electron chi connectivity index (χ1n) is 9.40. The van der Waals surface area contributed by atoms with Gasteiger partial charge in [-0.1, -0.05) is 29.8 Å². The standard InChI is InChI=1S/C21H20ClN5O2/c22-16-7-5-15(6-8-16)14-26-10-3-11-27-19(21(26)29)12-18(25-27)20(28)24-13-17-4-1-2-9-23-17/h1-2,4-9,12H,3,10-11,13-14H2,(H,24,28). The lowest BCUT2D eigenvalue weighted by atomic mass is 10.2. The van der Waals surface area contributed by atoms with Gasteiger partial charge in [-0.3, -0.25) is 19.3 Å². The third-order valence-electron chi connectivity index (χ3n) is 4.76. The van der Waals surface area contributed by atoms with Gasteiger partial charge < -0.3 is 10.2 Å². The largest absolute Gasteiger partial charge is 0.345 e. The Balaban J connectivity index is 1.47. The summed E-state index contributed by atoms with van der Waals surface area (Å²) < 4.78 is 1.62. The second-order valence-corrected chi connectivity index (χ2v) is 7.28. The SMILES string of the molecule is O=C(NCc1ccccn1)c1cc2n(n1)CCCN(Cc1ccc(Cl)cc1)C2=O. The molecule has 0 saturated heterocycles. The lowest BCUT2D eigenvalue weighted by Gasteiger charge is -2.20. The molecule has 1 aliphatic heterocycles. The van der Waals surface area contributed by atoms with Crippen LogP contribution < -0.4 is 5.32 Å². The lowest BCUT2D eigenvalue weighted by molar-refractivity contribution is 0.0745. The molecule has 0 bridgehead atoms. The molecule has 3 heterocycles. The molecule has 3 aromatic rings. The number of benzene rings is 1. The van der Waals surface area contributed by atoms with E-state index in [9.17, 15) is 9.59 Å². The number of pyridine rings is 1. The Labute approximate surface area is 173 Å². The summed E-state index contributed by atoms with van der Waals surface area (Å²) in [4.78, 5) is 31.5. The van der Waals surface area contributed by atoms with Crippen LogP contribution in [0.5, 0.6) is 0 Å². The number of fused-ring (bicyclic) bond motifs is 1. The van der Waals surface area contributed by atoms with Crippen molar-refractivity contribution in [1.29, 1.82) is 0 Å². The lowest BCUT2D eigenvalue weighted by Crippen LogP contribution is -2.30. The molecule has 29 heavy (non-hydrogen) atoms. The summed E-state index contributed by atoms with van der Waals surface area (Å²) >= 11 is 5.94. The van der Waals surface area contributed by atoms with Crippen molar-refractivity contribution >= 4 is 23.4 Å². The Morgan fingerprint density at radius 3 is 2.72 bits per heavy atom. The van der Waals surface area contributed by atoms with E-state index >= 15 is 0 Å². The maximum atomic E-state index is 13.0. The number of carbonyl (C=O) groups is 2. The fourth-order valence-corrected chi connectivity index (χ4v) is 3.40. The number of aromatic nitrogens is 3. The van der Waals surface area contributed by atoms with Crippen LogP contribution in [0.1, 0.15) is 38.7 Å². The third-order valence-corrected chi connectivity index (χ3v) is 5.01. The number of hydrogen-bond donors (Lipinski definition) is 1. The number of carbonyl (C=O) groups excluding carboxylic acids is 2. The number of halogens is 1. The van der Waals surface area contributed by atoms with Crippen LogP contribution in [0, 0.1) is 0 Å². The zero-order valence-electron chi connectivity index (χ0n) is 15.7. The van der Waals surface area contributed by atoms with Gasteiger partial charge in [-0.05, 0) is 36.2 Å². The number of hydrogen-bond acceptors (Lipinski definition) is 4. The number of nitrogens with one attached hydrogen (secondary N) is 1. The van der Waals surface area contributed by atoms with E-state index in [-0.39, 0.29) is 17.5 Å². The summed E-state index contributed by atoms with van der Waals surface area (Å²) in [6.45, 7) is 2.01. The topological polar surface area (TPSA) is 80.1 Å². The van der Waals surface area contributed by atoms with E-state index in [1.807, 2.05) is 42.5 Å². The highest BCUT2D eigenvalue weighted by atomic mass is 35.5. The second kappa shape index (κ2) is 8.45. The monoisotopic (exact) mass is 409 g/mol. The van der Waals surface area contributed by atoms with Crippen LogP contribution in [0.15, 0.2) is 54.7 Å². The Bertz CT molecular complexity index is 1020. The van der Waals surface area contributed by atoms with Crippen LogP contribution in [-0.4, -0.2) is 38.0 Å². The number of aryl methyl sites for hydroxylation is 1. The highest BCUT2D eigenvalue weighted by Gasteiger charge is 2.26. The summed E-state index contributed by atoms with van der Waals surface area (Å²) in [5.41, 5.74) is 2.42. The Morgan fingerprint density at radius 2 is 1.97 bits per heavy atom. The van der Waals surface area contributed by atoms with E-state index in [1.165, 1.54) is 0 Å². The first-order valence-corrected chi connectivity index (χ1v) is 9.77. The summed E-state index contributed by atoms with van der Waals surface area (Å²) in [5.74, 6) is -0.456. The molecule has 1 aliphatic rings. The molecule has 1 N–H and O–H groups in total. The van der Waals surface area contributed by atoms with Crippen molar-refractivity contribution in [3.05, 3.63) is 82.4 Å². The van der Waals surface area contributed by atoms with Gasteiger partial charge >= 0.3 is 0 Å². The minimum atomic E-state index is -0.326. The Morgan fingerprint density at radius 1 is 1.14 bits per heavy atom. The Hall–Kier alpha value is -3.19. The van der Waals surface area contributed by atoms with Gasteiger partial charge in [0, 0.05) is 36.9 Å². The predicted octanol–water partition coefficient (Wildman–Crippen LogP) is 2.91. The van der Waals surface area contributed by atoms with Crippen LogP contribution in [0.25, 0.3) is 0 Å². The van der Waals surface area contributed by atoms with Gasteiger partial charge in [0.05, 0.1) is 12.2 Å². The van der Waals surface area contributed by atoms with E-state index < -0.39 is 0 Å². The number of nitrogens with zero attached hydrogens (tertiary/aromatic N) is 4. The molecule has 2 aromatic heterocycles.